The minimum Gasteiger partial charge on any atom is -0.494 e. The number of hydrogen-bond acceptors (Lipinski definition) is 8. The van der Waals surface area contributed by atoms with Gasteiger partial charge in [0.25, 0.3) is 0 Å². The number of alkyl halides is 1. The molecule has 1 atom stereocenters. The highest BCUT2D eigenvalue weighted by Gasteiger charge is 2.37. The monoisotopic (exact) mass is 454 g/mol. The number of nitrogens with zero attached hydrogens (tertiary/aromatic N) is 3. The molecule has 1 unspecified atom stereocenters. The molecule has 1 aliphatic carbocycles. The number of ether oxygens (including phenoxy) is 1. The third-order valence-corrected chi connectivity index (χ3v) is 7.32. The molecule has 1 aromatic carbocycles. The van der Waals surface area contributed by atoms with Crippen molar-refractivity contribution in [1.82, 2.24) is 14.9 Å². The molecule has 2 aromatic heterocycles. The van der Waals surface area contributed by atoms with Gasteiger partial charge in [0.05, 0.1) is 31.3 Å². The van der Waals surface area contributed by atoms with Gasteiger partial charge in [-0.2, -0.15) is 0 Å². The highest BCUT2D eigenvalue weighted by Crippen LogP contribution is 2.42. The lowest BCUT2D eigenvalue weighted by atomic mass is 9.86. The fourth-order valence-electron chi connectivity index (χ4n) is 4.41. The van der Waals surface area contributed by atoms with Gasteiger partial charge in [0.2, 0.25) is 5.91 Å². The Kier molecular flexibility index (Phi) is 5.16. The number of carbonyl (C=O) groups excluding carboxylic acids is 1. The van der Waals surface area contributed by atoms with Crippen molar-refractivity contribution in [3.05, 3.63) is 34.5 Å². The van der Waals surface area contributed by atoms with Crippen LogP contribution in [0.2, 0.25) is 0 Å². The predicted octanol–water partition coefficient (Wildman–Crippen LogP) is 3.31. The summed E-state index contributed by atoms with van der Waals surface area (Å²) in [5.74, 6) is 1.15. The Balaban J connectivity index is 1.47. The van der Waals surface area contributed by atoms with Gasteiger partial charge in [0.1, 0.15) is 28.9 Å². The molecular formula is C22H23FN6O2S. The Hall–Kier alpha value is -3.27. The van der Waals surface area contributed by atoms with E-state index < -0.39 is 6.17 Å². The van der Waals surface area contributed by atoms with Crippen molar-refractivity contribution in [2.75, 3.05) is 31.2 Å². The zero-order chi connectivity index (χ0) is 22.4. The number of methoxy groups -OCH3 is 1. The van der Waals surface area contributed by atoms with Gasteiger partial charge in [-0.25, -0.2) is 14.4 Å². The fourth-order valence-corrected chi connectivity index (χ4v) is 5.68. The molecule has 2 aliphatic rings. The summed E-state index contributed by atoms with van der Waals surface area (Å²) < 4.78 is 18.6. The van der Waals surface area contributed by atoms with Crippen LogP contribution in [-0.2, 0) is 17.6 Å². The Labute approximate surface area is 188 Å². The van der Waals surface area contributed by atoms with Crippen LogP contribution in [0.4, 0.5) is 21.6 Å². The van der Waals surface area contributed by atoms with E-state index in [1.165, 1.54) is 12.5 Å². The minimum atomic E-state index is -0.884. The van der Waals surface area contributed by atoms with Crippen molar-refractivity contribution < 1.29 is 13.9 Å². The van der Waals surface area contributed by atoms with Crippen LogP contribution in [0.15, 0.2) is 18.5 Å². The van der Waals surface area contributed by atoms with Gasteiger partial charge in [-0.05, 0) is 30.9 Å². The summed E-state index contributed by atoms with van der Waals surface area (Å²) in [6, 6.07) is 3.44. The normalized spacial score (nSPS) is 18.2. The molecule has 0 radical (unpaired) electrons. The number of amides is 1. The van der Waals surface area contributed by atoms with E-state index in [-0.39, 0.29) is 24.9 Å². The number of rotatable bonds is 5. The van der Waals surface area contributed by atoms with Gasteiger partial charge >= 0.3 is 0 Å². The van der Waals surface area contributed by atoms with Gasteiger partial charge in [0, 0.05) is 34.3 Å². The van der Waals surface area contributed by atoms with Gasteiger partial charge in [-0.1, -0.05) is 0 Å². The molecule has 4 N–H and O–H groups in total. The summed E-state index contributed by atoms with van der Waals surface area (Å²) in [6.07, 6.45) is 3.93. The lowest BCUT2D eigenvalue weighted by Gasteiger charge is -2.37. The predicted molar refractivity (Wildman–Crippen MR) is 123 cm³/mol. The van der Waals surface area contributed by atoms with Crippen LogP contribution in [-0.4, -0.2) is 53.4 Å². The average molecular weight is 455 g/mol. The molecule has 0 spiro atoms. The van der Waals surface area contributed by atoms with Crippen molar-refractivity contribution in [1.29, 1.82) is 5.41 Å². The van der Waals surface area contributed by atoms with E-state index in [1.54, 1.807) is 35.5 Å². The summed E-state index contributed by atoms with van der Waals surface area (Å²) in [6.45, 7) is 0.435. The van der Waals surface area contributed by atoms with E-state index in [2.05, 4.69) is 15.3 Å². The molecule has 166 valence electrons. The first-order valence-corrected chi connectivity index (χ1v) is 11.2. The Morgan fingerprint density at radius 1 is 1.41 bits per heavy atom. The average Bonchev–Trinajstić information content (AvgIpc) is 3.16. The maximum atomic E-state index is 13.2. The number of aromatic nitrogens is 2. The summed E-state index contributed by atoms with van der Waals surface area (Å²) in [5.41, 5.74) is 8.83. The molecule has 3 heterocycles. The van der Waals surface area contributed by atoms with Crippen LogP contribution in [0.1, 0.15) is 22.4 Å². The van der Waals surface area contributed by atoms with Crippen LogP contribution >= 0.6 is 11.3 Å². The Morgan fingerprint density at radius 2 is 2.22 bits per heavy atom. The SMILES string of the molecule is COc1cc(N)c(C=N)cc1Nc1ncnc2sc3c(c12)CCC(C(=O)N1CC(F)C1)C3. The van der Waals surface area contributed by atoms with Crippen molar-refractivity contribution in [2.45, 2.75) is 25.4 Å². The number of aryl methyl sites for hydroxylation is 1. The molecule has 32 heavy (non-hydrogen) atoms. The molecule has 0 bridgehead atoms. The summed E-state index contributed by atoms with van der Waals surface area (Å²) in [7, 11) is 1.56. The highest BCUT2D eigenvalue weighted by atomic mass is 32.1. The zero-order valence-corrected chi connectivity index (χ0v) is 18.3. The first kappa shape index (κ1) is 20.6. The molecule has 10 heteroatoms. The van der Waals surface area contributed by atoms with Crippen LogP contribution in [0.3, 0.4) is 0 Å². The summed E-state index contributed by atoms with van der Waals surface area (Å²) >= 11 is 1.58. The van der Waals surface area contributed by atoms with E-state index in [0.29, 0.717) is 34.9 Å². The molecule has 1 amide bonds. The number of nitrogen functional groups attached to an aromatic ring is 1. The second-order valence-corrected chi connectivity index (χ2v) is 9.22. The third kappa shape index (κ3) is 3.44. The van der Waals surface area contributed by atoms with Crippen LogP contribution in [0, 0.1) is 11.3 Å². The van der Waals surface area contributed by atoms with Gasteiger partial charge < -0.3 is 26.1 Å². The van der Waals surface area contributed by atoms with Crippen molar-refractivity contribution in [3.8, 4) is 5.75 Å². The number of anilines is 3. The number of likely N-dealkylation sites (tertiary alicyclic amines) is 1. The molecule has 1 saturated heterocycles. The number of benzene rings is 1. The molecular weight excluding hydrogens is 431 g/mol. The van der Waals surface area contributed by atoms with Crippen LogP contribution < -0.4 is 15.8 Å². The second-order valence-electron chi connectivity index (χ2n) is 8.14. The van der Waals surface area contributed by atoms with Gasteiger partial charge in [-0.3, -0.25) is 4.79 Å². The Morgan fingerprint density at radius 3 is 2.94 bits per heavy atom. The summed E-state index contributed by atoms with van der Waals surface area (Å²) in [5, 5.41) is 11.9. The van der Waals surface area contributed by atoms with Crippen molar-refractivity contribution in [3.63, 3.8) is 0 Å². The van der Waals surface area contributed by atoms with Crippen molar-refractivity contribution in [2.24, 2.45) is 5.92 Å². The lowest BCUT2D eigenvalue weighted by molar-refractivity contribution is -0.143. The third-order valence-electron chi connectivity index (χ3n) is 6.16. The molecule has 3 aromatic rings. The molecule has 5 rings (SSSR count). The zero-order valence-electron chi connectivity index (χ0n) is 17.5. The number of nitrogens with two attached hydrogens (primary N) is 1. The largest absolute Gasteiger partial charge is 0.494 e. The topological polar surface area (TPSA) is 117 Å². The van der Waals surface area contributed by atoms with E-state index in [9.17, 15) is 9.18 Å². The fraction of sp³-hybridized carbons (Fsp3) is 0.364. The smallest absolute Gasteiger partial charge is 0.226 e. The number of thiophene rings is 1. The number of halogens is 1. The first-order valence-electron chi connectivity index (χ1n) is 10.4. The maximum absolute atomic E-state index is 13.2. The molecule has 1 fully saturated rings. The van der Waals surface area contributed by atoms with E-state index in [0.717, 1.165) is 33.5 Å². The maximum Gasteiger partial charge on any atom is 0.226 e. The van der Waals surface area contributed by atoms with Gasteiger partial charge in [0.15, 0.2) is 0 Å². The number of hydrogen-bond donors (Lipinski definition) is 3. The van der Waals surface area contributed by atoms with Crippen LogP contribution in [0.25, 0.3) is 10.2 Å². The quantitative estimate of drug-likeness (QED) is 0.402. The molecule has 1 aliphatic heterocycles. The number of carbonyl (C=O) groups is 1. The summed E-state index contributed by atoms with van der Waals surface area (Å²) in [4.78, 5) is 25.2. The first-order chi connectivity index (χ1) is 15.5. The highest BCUT2D eigenvalue weighted by molar-refractivity contribution is 7.19. The number of fused-ring (bicyclic) bond motifs is 3. The molecule has 8 nitrogen and oxygen atoms in total. The van der Waals surface area contributed by atoms with Crippen molar-refractivity contribution >= 4 is 50.9 Å². The number of nitrogens with one attached hydrogen (secondary N) is 2. The van der Waals surface area contributed by atoms with E-state index >= 15 is 0 Å². The van der Waals surface area contributed by atoms with E-state index in [4.69, 9.17) is 15.9 Å². The standard InChI is InChI=1S/C22H23FN6O2S/c1-31-17-6-15(25)12(7-24)4-16(17)28-20-19-14-3-2-11(22(30)29-8-13(23)9-29)5-18(14)32-21(19)27-10-26-20/h4,6-7,10-11,13,24H,2-3,5,8-9,25H2,1H3,(H,26,27,28). The second kappa shape index (κ2) is 8.01. The van der Waals surface area contributed by atoms with E-state index in [1.807, 2.05) is 0 Å². The van der Waals surface area contributed by atoms with Crippen LogP contribution in [0.5, 0.6) is 5.75 Å². The Bertz CT molecular complexity index is 1220. The lowest BCUT2D eigenvalue weighted by Crippen LogP contribution is -2.54. The van der Waals surface area contributed by atoms with Gasteiger partial charge in [-0.15, -0.1) is 11.3 Å². The minimum absolute atomic E-state index is 0.0530. The molecule has 0 saturated carbocycles.